The van der Waals surface area contributed by atoms with Crippen LogP contribution in [0, 0.1) is 0 Å². The molecule has 0 saturated carbocycles. The Morgan fingerprint density at radius 2 is 2.17 bits per heavy atom. The molecule has 0 bridgehead atoms. The van der Waals surface area contributed by atoms with E-state index >= 15 is 0 Å². The van der Waals surface area contributed by atoms with Gasteiger partial charge in [-0.05, 0) is 18.2 Å². The number of nitrogens with one attached hydrogen (secondary N) is 1. The van der Waals surface area contributed by atoms with Gasteiger partial charge in [0.15, 0.2) is 11.5 Å². The van der Waals surface area contributed by atoms with Crippen molar-refractivity contribution < 1.29 is 27.2 Å². The highest BCUT2D eigenvalue weighted by Crippen LogP contribution is 2.33. The van der Waals surface area contributed by atoms with E-state index in [4.69, 9.17) is 9.26 Å². The quantitative estimate of drug-likeness (QED) is 0.910. The fourth-order valence-corrected chi connectivity index (χ4v) is 2.37. The highest BCUT2D eigenvalue weighted by Gasteiger charge is 2.29. The molecule has 1 aliphatic rings. The SMILES string of the molecule is COc1cc(-c2noc([C@H]3C[C@H](F)CN3)n2)ccc1OC(F)F. The molecule has 2 atom stereocenters. The lowest BCUT2D eigenvalue weighted by molar-refractivity contribution is -0.0512. The van der Waals surface area contributed by atoms with Crippen molar-refractivity contribution in [2.75, 3.05) is 13.7 Å². The molecule has 1 aromatic heterocycles. The number of hydrogen-bond donors (Lipinski definition) is 1. The zero-order valence-electron chi connectivity index (χ0n) is 12.1. The first-order chi connectivity index (χ1) is 11.1. The average Bonchev–Trinajstić information content (AvgIpc) is 3.16. The summed E-state index contributed by atoms with van der Waals surface area (Å²) in [7, 11) is 1.34. The lowest BCUT2D eigenvalue weighted by Crippen LogP contribution is -2.14. The van der Waals surface area contributed by atoms with E-state index in [9.17, 15) is 13.2 Å². The van der Waals surface area contributed by atoms with Gasteiger partial charge in [-0.15, -0.1) is 0 Å². The summed E-state index contributed by atoms with van der Waals surface area (Å²) in [6, 6.07) is 3.98. The summed E-state index contributed by atoms with van der Waals surface area (Å²) < 4.78 is 52.3. The Morgan fingerprint density at radius 3 is 2.83 bits per heavy atom. The Balaban J connectivity index is 1.83. The van der Waals surface area contributed by atoms with Crippen LogP contribution in [0.1, 0.15) is 18.4 Å². The number of hydrogen-bond acceptors (Lipinski definition) is 6. The van der Waals surface area contributed by atoms with E-state index in [1.807, 2.05) is 0 Å². The molecule has 0 aliphatic carbocycles. The minimum atomic E-state index is -2.95. The summed E-state index contributed by atoms with van der Waals surface area (Å²) >= 11 is 0. The molecule has 6 nitrogen and oxygen atoms in total. The van der Waals surface area contributed by atoms with E-state index < -0.39 is 12.8 Å². The topological polar surface area (TPSA) is 69.4 Å². The lowest BCUT2D eigenvalue weighted by Gasteiger charge is -2.10. The van der Waals surface area contributed by atoms with Crippen molar-refractivity contribution >= 4 is 0 Å². The van der Waals surface area contributed by atoms with Crippen molar-refractivity contribution in [3.05, 3.63) is 24.1 Å². The Labute approximate surface area is 129 Å². The molecule has 1 N–H and O–H groups in total. The second-order valence-corrected chi connectivity index (χ2v) is 4.99. The van der Waals surface area contributed by atoms with Crippen molar-refractivity contribution in [1.29, 1.82) is 0 Å². The molecular formula is C14H14F3N3O3. The van der Waals surface area contributed by atoms with Crippen LogP contribution in [0.15, 0.2) is 22.7 Å². The number of ether oxygens (including phenoxy) is 2. The Bertz CT molecular complexity index is 680. The van der Waals surface area contributed by atoms with Gasteiger partial charge in [-0.1, -0.05) is 5.16 Å². The van der Waals surface area contributed by atoms with Gasteiger partial charge in [0.2, 0.25) is 11.7 Å². The monoisotopic (exact) mass is 329 g/mol. The molecule has 1 aliphatic heterocycles. The molecule has 3 rings (SSSR count). The van der Waals surface area contributed by atoms with Crippen LogP contribution in [-0.2, 0) is 0 Å². The molecule has 124 valence electrons. The Hall–Kier alpha value is -2.29. The van der Waals surface area contributed by atoms with Crippen LogP contribution in [0.2, 0.25) is 0 Å². The Kier molecular flexibility index (Phi) is 4.37. The van der Waals surface area contributed by atoms with Crippen LogP contribution in [0.5, 0.6) is 11.5 Å². The van der Waals surface area contributed by atoms with Gasteiger partial charge in [0.05, 0.1) is 13.2 Å². The van der Waals surface area contributed by atoms with Crippen LogP contribution in [0.4, 0.5) is 13.2 Å². The van der Waals surface area contributed by atoms with Crippen molar-refractivity contribution in [3.8, 4) is 22.9 Å². The molecule has 2 heterocycles. The van der Waals surface area contributed by atoms with Gasteiger partial charge < -0.3 is 19.3 Å². The van der Waals surface area contributed by atoms with E-state index in [0.717, 1.165) is 0 Å². The fourth-order valence-electron chi connectivity index (χ4n) is 2.37. The maximum absolute atomic E-state index is 13.2. The van der Waals surface area contributed by atoms with Crippen LogP contribution < -0.4 is 14.8 Å². The molecule has 23 heavy (non-hydrogen) atoms. The van der Waals surface area contributed by atoms with Crippen molar-refractivity contribution in [2.45, 2.75) is 25.2 Å². The smallest absolute Gasteiger partial charge is 0.387 e. The third-order valence-electron chi connectivity index (χ3n) is 3.45. The summed E-state index contributed by atoms with van der Waals surface area (Å²) in [5, 5.41) is 6.77. The summed E-state index contributed by atoms with van der Waals surface area (Å²) in [6.07, 6.45) is -0.673. The number of rotatable bonds is 5. The summed E-state index contributed by atoms with van der Waals surface area (Å²) in [5.74, 6) is 0.572. The van der Waals surface area contributed by atoms with Gasteiger partial charge in [0.1, 0.15) is 6.17 Å². The van der Waals surface area contributed by atoms with Crippen LogP contribution >= 0.6 is 0 Å². The highest BCUT2D eigenvalue weighted by molar-refractivity contribution is 5.60. The number of benzene rings is 1. The van der Waals surface area contributed by atoms with E-state index in [1.54, 1.807) is 0 Å². The van der Waals surface area contributed by atoms with Gasteiger partial charge >= 0.3 is 6.61 Å². The maximum Gasteiger partial charge on any atom is 0.387 e. The number of nitrogens with zero attached hydrogens (tertiary/aromatic N) is 2. The second kappa shape index (κ2) is 6.45. The van der Waals surface area contributed by atoms with Crippen LogP contribution in [0.25, 0.3) is 11.4 Å². The highest BCUT2D eigenvalue weighted by atomic mass is 19.3. The molecule has 2 aromatic rings. The van der Waals surface area contributed by atoms with E-state index in [1.165, 1.54) is 25.3 Å². The largest absolute Gasteiger partial charge is 0.493 e. The zero-order chi connectivity index (χ0) is 16.4. The van der Waals surface area contributed by atoms with Crippen molar-refractivity contribution in [3.63, 3.8) is 0 Å². The molecule has 0 spiro atoms. The Morgan fingerprint density at radius 1 is 1.35 bits per heavy atom. The fraction of sp³-hybridized carbons (Fsp3) is 0.429. The molecule has 1 saturated heterocycles. The summed E-state index contributed by atoms with van der Waals surface area (Å²) in [6.45, 7) is -2.70. The first-order valence-corrected chi connectivity index (χ1v) is 6.91. The lowest BCUT2D eigenvalue weighted by atomic mass is 10.2. The first-order valence-electron chi connectivity index (χ1n) is 6.91. The number of methoxy groups -OCH3 is 1. The van der Waals surface area contributed by atoms with Gasteiger partial charge in [0.25, 0.3) is 0 Å². The molecule has 1 fully saturated rings. The minimum absolute atomic E-state index is 0.0901. The summed E-state index contributed by atoms with van der Waals surface area (Å²) in [4.78, 5) is 4.21. The minimum Gasteiger partial charge on any atom is -0.493 e. The number of halogens is 3. The molecule has 1 aromatic carbocycles. The standard InChI is InChI=1S/C14H14F3N3O3/c1-21-11-4-7(2-3-10(11)22-14(16)17)12-19-13(23-20-12)9-5-8(15)6-18-9/h2-4,8-9,14,18H,5-6H2,1H3/t8-,9+/m0/s1. The van der Waals surface area contributed by atoms with Crippen LogP contribution in [0.3, 0.4) is 0 Å². The van der Waals surface area contributed by atoms with Gasteiger partial charge in [-0.25, -0.2) is 4.39 Å². The van der Waals surface area contributed by atoms with E-state index in [0.29, 0.717) is 5.56 Å². The predicted octanol–water partition coefficient (Wildman–Crippen LogP) is 2.72. The number of alkyl halides is 3. The van der Waals surface area contributed by atoms with Gasteiger partial charge in [0, 0.05) is 18.5 Å². The third-order valence-corrected chi connectivity index (χ3v) is 3.45. The number of aromatic nitrogens is 2. The molecular weight excluding hydrogens is 315 g/mol. The summed E-state index contributed by atoms with van der Waals surface area (Å²) in [5.41, 5.74) is 0.508. The van der Waals surface area contributed by atoms with Crippen LogP contribution in [-0.4, -0.2) is 36.6 Å². The van der Waals surface area contributed by atoms with Crippen molar-refractivity contribution in [2.24, 2.45) is 0 Å². The maximum atomic E-state index is 13.2. The molecule has 9 heteroatoms. The first kappa shape index (κ1) is 15.6. The molecule has 0 radical (unpaired) electrons. The second-order valence-electron chi connectivity index (χ2n) is 4.99. The van der Waals surface area contributed by atoms with E-state index in [2.05, 4.69) is 20.2 Å². The third kappa shape index (κ3) is 3.39. The normalized spacial score (nSPS) is 20.9. The van der Waals surface area contributed by atoms with Gasteiger partial charge in [-0.2, -0.15) is 13.8 Å². The average molecular weight is 329 g/mol. The molecule has 0 amide bonds. The molecule has 0 unspecified atom stereocenters. The predicted molar refractivity (Wildman–Crippen MR) is 73.2 cm³/mol. The van der Waals surface area contributed by atoms with Gasteiger partial charge in [-0.3, -0.25) is 0 Å². The zero-order valence-corrected chi connectivity index (χ0v) is 12.1. The van der Waals surface area contributed by atoms with E-state index in [-0.39, 0.29) is 42.2 Å². The van der Waals surface area contributed by atoms with Crippen molar-refractivity contribution in [1.82, 2.24) is 15.5 Å².